The SMILES string of the molecule is CCNC1CC(OC(C)(C)CC)C12CCCCC2. The standard InChI is InChI=1S/C16H31NO/c1-5-15(3,4)18-14-12-13(17-6-2)16(14)10-8-7-9-11-16/h13-14,17H,5-12H2,1-4H3. The Morgan fingerprint density at radius 1 is 1.17 bits per heavy atom. The van der Waals surface area contributed by atoms with E-state index in [0.717, 1.165) is 13.0 Å². The van der Waals surface area contributed by atoms with E-state index in [-0.39, 0.29) is 5.60 Å². The van der Waals surface area contributed by atoms with Crippen LogP contribution in [0.3, 0.4) is 0 Å². The molecular formula is C16H31NO. The van der Waals surface area contributed by atoms with Gasteiger partial charge >= 0.3 is 0 Å². The lowest BCUT2D eigenvalue weighted by Gasteiger charge is -2.59. The minimum atomic E-state index is 0.0479. The van der Waals surface area contributed by atoms with Gasteiger partial charge in [0.05, 0.1) is 11.7 Å². The second-order valence-corrected chi connectivity index (χ2v) is 6.86. The van der Waals surface area contributed by atoms with Crippen LogP contribution in [0.25, 0.3) is 0 Å². The monoisotopic (exact) mass is 253 g/mol. The van der Waals surface area contributed by atoms with Crippen molar-refractivity contribution in [3.63, 3.8) is 0 Å². The summed E-state index contributed by atoms with van der Waals surface area (Å²) in [6.07, 6.45) is 9.77. The van der Waals surface area contributed by atoms with E-state index in [9.17, 15) is 0 Å². The second-order valence-electron chi connectivity index (χ2n) is 6.86. The summed E-state index contributed by atoms with van der Waals surface area (Å²) in [5, 5.41) is 3.70. The van der Waals surface area contributed by atoms with E-state index in [0.29, 0.717) is 17.6 Å². The summed E-state index contributed by atoms with van der Waals surface area (Å²) >= 11 is 0. The predicted octanol–water partition coefficient (Wildman–Crippen LogP) is 3.89. The summed E-state index contributed by atoms with van der Waals surface area (Å²) < 4.78 is 6.45. The smallest absolute Gasteiger partial charge is 0.0668 e. The molecule has 2 saturated carbocycles. The zero-order valence-electron chi connectivity index (χ0n) is 12.7. The van der Waals surface area contributed by atoms with Crippen LogP contribution in [0.5, 0.6) is 0 Å². The largest absolute Gasteiger partial charge is 0.372 e. The topological polar surface area (TPSA) is 21.3 Å². The molecular weight excluding hydrogens is 222 g/mol. The van der Waals surface area contributed by atoms with Crippen molar-refractivity contribution in [3.05, 3.63) is 0 Å². The number of ether oxygens (including phenoxy) is 1. The summed E-state index contributed by atoms with van der Waals surface area (Å²) in [4.78, 5) is 0. The molecule has 106 valence electrons. The average Bonchev–Trinajstić information content (AvgIpc) is 2.38. The predicted molar refractivity (Wildman–Crippen MR) is 76.8 cm³/mol. The fourth-order valence-electron chi connectivity index (χ4n) is 3.79. The molecule has 2 atom stereocenters. The Hall–Kier alpha value is -0.0800. The molecule has 0 bridgehead atoms. The molecule has 18 heavy (non-hydrogen) atoms. The van der Waals surface area contributed by atoms with E-state index in [4.69, 9.17) is 4.74 Å². The molecule has 0 aliphatic heterocycles. The van der Waals surface area contributed by atoms with Gasteiger partial charge in [0.1, 0.15) is 0 Å². The zero-order chi connectivity index (χ0) is 13.2. The molecule has 2 nitrogen and oxygen atoms in total. The number of hydrogen-bond acceptors (Lipinski definition) is 2. The first-order valence-corrected chi connectivity index (χ1v) is 7.95. The Kier molecular flexibility index (Phi) is 4.38. The van der Waals surface area contributed by atoms with Crippen LogP contribution in [0.1, 0.15) is 72.6 Å². The van der Waals surface area contributed by atoms with Gasteiger partial charge in [-0.2, -0.15) is 0 Å². The van der Waals surface area contributed by atoms with Gasteiger partial charge < -0.3 is 10.1 Å². The van der Waals surface area contributed by atoms with Gasteiger partial charge in [-0.25, -0.2) is 0 Å². The highest BCUT2D eigenvalue weighted by molar-refractivity contribution is 5.09. The molecule has 0 aromatic heterocycles. The summed E-state index contributed by atoms with van der Waals surface area (Å²) in [6.45, 7) is 10.0. The lowest BCUT2D eigenvalue weighted by Crippen LogP contribution is -2.65. The van der Waals surface area contributed by atoms with Gasteiger partial charge in [-0.15, -0.1) is 0 Å². The van der Waals surface area contributed by atoms with Crippen LogP contribution in [0.2, 0.25) is 0 Å². The van der Waals surface area contributed by atoms with Crippen LogP contribution >= 0.6 is 0 Å². The van der Waals surface area contributed by atoms with Crippen LogP contribution in [-0.4, -0.2) is 24.3 Å². The van der Waals surface area contributed by atoms with Crippen molar-refractivity contribution in [2.75, 3.05) is 6.54 Å². The Bertz CT molecular complexity index is 268. The second kappa shape index (κ2) is 5.50. The Labute approximate surface area is 113 Å². The summed E-state index contributed by atoms with van der Waals surface area (Å²) in [5.74, 6) is 0. The molecule has 2 aliphatic rings. The average molecular weight is 253 g/mol. The van der Waals surface area contributed by atoms with Gasteiger partial charge in [0.15, 0.2) is 0 Å². The quantitative estimate of drug-likeness (QED) is 0.802. The number of hydrogen-bond donors (Lipinski definition) is 1. The third-order valence-corrected chi connectivity index (χ3v) is 5.33. The minimum Gasteiger partial charge on any atom is -0.372 e. The Morgan fingerprint density at radius 2 is 1.83 bits per heavy atom. The van der Waals surface area contributed by atoms with E-state index >= 15 is 0 Å². The normalized spacial score (nSPS) is 31.3. The third kappa shape index (κ3) is 2.60. The van der Waals surface area contributed by atoms with Crippen molar-refractivity contribution in [1.82, 2.24) is 5.32 Å². The van der Waals surface area contributed by atoms with Crippen LogP contribution in [0.4, 0.5) is 0 Å². The fourth-order valence-corrected chi connectivity index (χ4v) is 3.79. The maximum Gasteiger partial charge on any atom is 0.0668 e. The molecule has 0 amide bonds. The Balaban J connectivity index is 2.03. The first-order valence-electron chi connectivity index (χ1n) is 7.95. The summed E-state index contributed by atoms with van der Waals surface area (Å²) in [5.41, 5.74) is 0.507. The lowest BCUT2D eigenvalue weighted by atomic mass is 9.55. The zero-order valence-corrected chi connectivity index (χ0v) is 12.7. The first-order chi connectivity index (χ1) is 8.54. The molecule has 0 aromatic carbocycles. The fraction of sp³-hybridized carbons (Fsp3) is 1.00. The first kappa shape index (κ1) is 14.3. The minimum absolute atomic E-state index is 0.0479. The highest BCUT2D eigenvalue weighted by atomic mass is 16.5. The van der Waals surface area contributed by atoms with Crippen molar-refractivity contribution < 1.29 is 4.74 Å². The van der Waals surface area contributed by atoms with E-state index in [2.05, 4.69) is 33.0 Å². The van der Waals surface area contributed by atoms with E-state index in [1.165, 1.54) is 38.5 Å². The van der Waals surface area contributed by atoms with Crippen LogP contribution in [0.15, 0.2) is 0 Å². The summed E-state index contributed by atoms with van der Waals surface area (Å²) in [7, 11) is 0. The molecule has 0 radical (unpaired) electrons. The van der Waals surface area contributed by atoms with Crippen molar-refractivity contribution in [2.45, 2.75) is 90.4 Å². The van der Waals surface area contributed by atoms with E-state index in [1.54, 1.807) is 0 Å². The molecule has 2 aliphatic carbocycles. The van der Waals surface area contributed by atoms with Crippen LogP contribution in [-0.2, 0) is 4.74 Å². The molecule has 2 rings (SSSR count). The lowest BCUT2D eigenvalue weighted by molar-refractivity contribution is -0.203. The molecule has 2 heteroatoms. The van der Waals surface area contributed by atoms with Crippen molar-refractivity contribution in [3.8, 4) is 0 Å². The molecule has 0 heterocycles. The molecule has 1 N–H and O–H groups in total. The Morgan fingerprint density at radius 3 is 2.39 bits per heavy atom. The van der Waals surface area contributed by atoms with Gasteiger partial charge in [-0.3, -0.25) is 0 Å². The van der Waals surface area contributed by atoms with E-state index < -0.39 is 0 Å². The maximum atomic E-state index is 6.45. The van der Waals surface area contributed by atoms with Crippen molar-refractivity contribution >= 4 is 0 Å². The van der Waals surface area contributed by atoms with Crippen LogP contribution in [0, 0.1) is 5.41 Å². The molecule has 2 unspecified atom stereocenters. The third-order valence-electron chi connectivity index (χ3n) is 5.33. The molecule has 0 aromatic rings. The van der Waals surface area contributed by atoms with Crippen molar-refractivity contribution in [1.29, 1.82) is 0 Å². The van der Waals surface area contributed by atoms with Crippen LogP contribution < -0.4 is 5.32 Å². The maximum absolute atomic E-state index is 6.45. The molecule has 1 spiro atoms. The highest BCUT2D eigenvalue weighted by Crippen LogP contribution is 2.54. The van der Waals surface area contributed by atoms with Gasteiger partial charge in [-0.05, 0) is 46.1 Å². The highest BCUT2D eigenvalue weighted by Gasteiger charge is 2.56. The number of nitrogens with one attached hydrogen (secondary N) is 1. The molecule has 0 saturated heterocycles. The number of rotatable bonds is 5. The van der Waals surface area contributed by atoms with Crippen molar-refractivity contribution in [2.24, 2.45) is 5.41 Å². The summed E-state index contributed by atoms with van der Waals surface area (Å²) in [6, 6.07) is 0.709. The van der Waals surface area contributed by atoms with Gasteiger partial charge in [0.25, 0.3) is 0 Å². The van der Waals surface area contributed by atoms with Gasteiger partial charge in [-0.1, -0.05) is 33.1 Å². The molecule has 2 fully saturated rings. The van der Waals surface area contributed by atoms with E-state index in [1.807, 2.05) is 0 Å². The van der Waals surface area contributed by atoms with Gasteiger partial charge in [0, 0.05) is 11.5 Å². The van der Waals surface area contributed by atoms with Gasteiger partial charge in [0.2, 0.25) is 0 Å².